The summed E-state index contributed by atoms with van der Waals surface area (Å²) in [5.41, 5.74) is 3.22. The molecule has 22 heavy (non-hydrogen) atoms. The first kappa shape index (κ1) is 14.5. The highest BCUT2D eigenvalue weighted by atomic mass is 16.3. The third-order valence-electron chi connectivity index (χ3n) is 6.54. The highest BCUT2D eigenvalue weighted by molar-refractivity contribution is 5.45. The number of hydrogen-bond acceptors (Lipinski definition) is 3. The summed E-state index contributed by atoms with van der Waals surface area (Å²) in [6.07, 6.45) is 8.52. The number of likely N-dealkylation sites (tertiary alicyclic amines) is 1. The lowest BCUT2D eigenvalue weighted by Crippen LogP contribution is -2.61. The molecule has 1 aromatic carbocycles. The normalized spacial score (nSPS) is 34.0. The summed E-state index contributed by atoms with van der Waals surface area (Å²) >= 11 is 0. The van der Waals surface area contributed by atoms with Gasteiger partial charge in [-0.3, -0.25) is 4.90 Å². The van der Waals surface area contributed by atoms with Crippen molar-refractivity contribution in [1.82, 2.24) is 4.90 Å². The van der Waals surface area contributed by atoms with Crippen LogP contribution in [0.3, 0.4) is 0 Å². The van der Waals surface area contributed by atoms with Gasteiger partial charge in [0.25, 0.3) is 0 Å². The fraction of sp³-hybridized carbons (Fsp3) is 0.684. The van der Waals surface area contributed by atoms with E-state index in [4.69, 9.17) is 0 Å². The van der Waals surface area contributed by atoms with Gasteiger partial charge >= 0.3 is 0 Å². The maximum Gasteiger partial charge on any atom is 0.115 e. The molecule has 2 bridgehead atoms. The summed E-state index contributed by atoms with van der Waals surface area (Å²) in [6, 6.07) is 6.71. The number of fused-ring (bicyclic) bond motifs is 1. The molecule has 3 atom stereocenters. The molecular weight excluding hydrogens is 274 g/mol. The molecule has 1 heterocycles. The molecule has 2 N–H and O–H groups in total. The van der Waals surface area contributed by atoms with Gasteiger partial charge < -0.3 is 10.2 Å². The quantitative estimate of drug-likeness (QED) is 0.902. The number of rotatable bonds is 3. The van der Waals surface area contributed by atoms with E-state index < -0.39 is 0 Å². The van der Waals surface area contributed by atoms with Gasteiger partial charge in [0.05, 0.1) is 0 Å². The van der Waals surface area contributed by atoms with Crippen molar-refractivity contribution < 1.29 is 10.2 Å². The number of benzene rings is 1. The summed E-state index contributed by atoms with van der Waals surface area (Å²) in [6.45, 7) is 2.47. The average molecular weight is 301 g/mol. The predicted molar refractivity (Wildman–Crippen MR) is 87.1 cm³/mol. The molecule has 0 radical (unpaired) electrons. The third kappa shape index (κ3) is 2.10. The number of piperidine rings is 1. The van der Waals surface area contributed by atoms with E-state index in [9.17, 15) is 10.2 Å². The van der Waals surface area contributed by atoms with Gasteiger partial charge in [-0.25, -0.2) is 0 Å². The van der Waals surface area contributed by atoms with Crippen molar-refractivity contribution in [1.29, 1.82) is 0 Å². The Kier molecular flexibility index (Phi) is 3.66. The van der Waals surface area contributed by atoms with Crippen LogP contribution in [0.25, 0.3) is 0 Å². The summed E-state index contributed by atoms with van der Waals surface area (Å²) in [5, 5.41) is 19.2. The SMILES string of the molecule is OCCCN1CC[C@]23CCCC[C@H]2[C@H]1Cc1ccc(O)cc13. The van der Waals surface area contributed by atoms with Crippen LogP contribution in [0.2, 0.25) is 0 Å². The molecule has 120 valence electrons. The maximum absolute atomic E-state index is 10.0. The van der Waals surface area contributed by atoms with Gasteiger partial charge in [0, 0.05) is 24.6 Å². The molecule has 3 nitrogen and oxygen atoms in total. The first-order valence-electron chi connectivity index (χ1n) is 8.92. The zero-order valence-electron chi connectivity index (χ0n) is 13.3. The lowest BCUT2D eigenvalue weighted by atomic mass is 9.52. The largest absolute Gasteiger partial charge is 0.508 e. The van der Waals surface area contributed by atoms with E-state index >= 15 is 0 Å². The molecule has 4 rings (SSSR count). The molecular formula is C19H27NO2. The Morgan fingerprint density at radius 3 is 3.00 bits per heavy atom. The van der Waals surface area contributed by atoms with Crippen LogP contribution in [-0.4, -0.2) is 40.9 Å². The Bertz CT molecular complexity index is 558. The minimum absolute atomic E-state index is 0.295. The number of aromatic hydroxyl groups is 1. The topological polar surface area (TPSA) is 43.7 Å². The first-order valence-corrected chi connectivity index (χ1v) is 8.92. The molecule has 3 heteroatoms. The van der Waals surface area contributed by atoms with Crippen molar-refractivity contribution in [2.45, 2.75) is 56.4 Å². The third-order valence-corrected chi connectivity index (χ3v) is 6.54. The van der Waals surface area contributed by atoms with Crippen molar-refractivity contribution in [2.24, 2.45) is 5.92 Å². The van der Waals surface area contributed by atoms with Gasteiger partial charge in [-0.05, 0) is 67.8 Å². The van der Waals surface area contributed by atoms with E-state index in [1.165, 1.54) is 43.2 Å². The lowest BCUT2D eigenvalue weighted by molar-refractivity contribution is -0.0134. The van der Waals surface area contributed by atoms with Crippen LogP contribution in [0.5, 0.6) is 5.75 Å². The molecule has 1 aliphatic heterocycles. The van der Waals surface area contributed by atoms with E-state index in [-0.39, 0.29) is 0 Å². The fourth-order valence-electron chi connectivity index (χ4n) is 5.62. The van der Waals surface area contributed by atoms with Gasteiger partial charge in [-0.2, -0.15) is 0 Å². The van der Waals surface area contributed by atoms with Gasteiger partial charge in [0.1, 0.15) is 5.75 Å². The molecule has 0 spiro atoms. The monoisotopic (exact) mass is 301 g/mol. The van der Waals surface area contributed by atoms with Crippen molar-refractivity contribution in [2.75, 3.05) is 19.7 Å². The number of aliphatic hydroxyl groups is 1. The summed E-state index contributed by atoms with van der Waals surface area (Å²) in [5.74, 6) is 1.17. The van der Waals surface area contributed by atoms with Gasteiger partial charge in [0.15, 0.2) is 0 Å². The van der Waals surface area contributed by atoms with Crippen LogP contribution < -0.4 is 0 Å². The Morgan fingerprint density at radius 1 is 1.23 bits per heavy atom. The first-order chi connectivity index (χ1) is 10.7. The predicted octanol–water partition coefficient (Wildman–Crippen LogP) is 2.83. The van der Waals surface area contributed by atoms with Crippen LogP contribution in [0, 0.1) is 5.92 Å². The van der Waals surface area contributed by atoms with Crippen LogP contribution in [0.15, 0.2) is 18.2 Å². The molecule has 2 fully saturated rings. The highest BCUT2D eigenvalue weighted by Gasteiger charge is 2.53. The van der Waals surface area contributed by atoms with E-state index in [0.717, 1.165) is 31.8 Å². The molecule has 1 saturated carbocycles. The second-order valence-electron chi connectivity index (χ2n) is 7.48. The molecule has 2 aliphatic carbocycles. The number of aliphatic hydroxyl groups excluding tert-OH is 1. The Labute approximate surface area is 133 Å². The van der Waals surface area contributed by atoms with E-state index in [1.54, 1.807) is 0 Å². The zero-order valence-corrected chi connectivity index (χ0v) is 13.3. The number of nitrogens with zero attached hydrogens (tertiary/aromatic N) is 1. The van der Waals surface area contributed by atoms with Crippen LogP contribution in [0.1, 0.15) is 49.7 Å². The Hall–Kier alpha value is -1.06. The summed E-state index contributed by atoms with van der Waals surface area (Å²) in [4.78, 5) is 2.64. The van der Waals surface area contributed by atoms with E-state index in [0.29, 0.717) is 23.8 Å². The van der Waals surface area contributed by atoms with Gasteiger partial charge in [-0.15, -0.1) is 0 Å². The van der Waals surface area contributed by atoms with Crippen LogP contribution in [-0.2, 0) is 11.8 Å². The number of phenols is 1. The zero-order chi connectivity index (χ0) is 15.2. The number of phenolic OH excluding ortho intramolecular Hbond substituents is 1. The smallest absolute Gasteiger partial charge is 0.115 e. The maximum atomic E-state index is 10.0. The molecule has 1 saturated heterocycles. The van der Waals surface area contributed by atoms with Crippen molar-refractivity contribution in [3.8, 4) is 5.75 Å². The molecule has 0 aromatic heterocycles. The number of hydrogen-bond donors (Lipinski definition) is 2. The molecule has 0 unspecified atom stereocenters. The minimum Gasteiger partial charge on any atom is -0.508 e. The van der Waals surface area contributed by atoms with Crippen LogP contribution in [0.4, 0.5) is 0 Å². The Balaban J connectivity index is 1.75. The second-order valence-corrected chi connectivity index (χ2v) is 7.48. The molecule has 1 aromatic rings. The average Bonchev–Trinajstić information content (AvgIpc) is 2.55. The summed E-state index contributed by atoms with van der Waals surface area (Å²) in [7, 11) is 0. The van der Waals surface area contributed by atoms with Gasteiger partial charge in [-0.1, -0.05) is 18.9 Å². The van der Waals surface area contributed by atoms with E-state index in [1.807, 2.05) is 6.07 Å². The highest BCUT2D eigenvalue weighted by Crippen LogP contribution is 2.56. The van der Waals surface area contributed by atoms with Crippen molar-refractivity contribution >= 4 is 0 Å². The summed E-state index contributed by atoms with van der Waals surface area (Å²) < 4.78 is 0. The van der Waals surface area contributed by atoms with Gasteiger partial charge in [0.2, 0.25) is 0 Å². The molecule has 0 amide bonds. The Morgan fingerprint density at radius 2 is 2.14 bits per heavy atom. The van der Waals surface area contributed by atoms with E-state index in [2.05, 4.69) is 17.0 Å². The lowest BCUT2D eigenvalue weighted by Gasteiger charge is -2.59. The standard InChI is InChI=1S/C19H27NO2/c21-11-3-9-20-10-8-19-7-2-1-4-16(19)18(20)12-14-5-6-15(22)13-17(14)19/h5-6,13,16,18,21-22H,1-4,7-12H2/t16-,18+,19+/m0/s1. The van der Waals surface area contributed by atoms with Crippen molar-refractivity contribution in [3.63, 3.8) is 0 Å². The fourth-order valence-corrected chi connectivity index (χ4v) is 5.62. The van der Waals surface area contributed by atoms with Crippen molar-refractivity contribution in [3.05, 3.63) is 29.3 Å². The molecule has 3 aliphatic rings. The second kappa shape index (κ2) is 5.54. The van der Waals surface area contributed by atoms with Crippen LogP contribution >= 0.6 is 0 Å². The minimum atomic E-state index is 0.295.